The summed E-state index contributed by atoms with van der Waals surface area (Å²) in [6.45, 7) is 5.38. The Hall–Kier alpha value is -0.960. The minimum absolute atomic E-state index is 0.0222. The van der Waals surface area contributed by atoms with E-state index < -0.39 is 11.6 Å². The summed E-state index contributed by atoms with van der Waals surface area (Å²) in [6.07, 6.45) is 3.98. The SMILES string of the molecule is CC(C)CC1(Cc2cc(F)cc(F)c2)CCCN1. The topological polar surface area (TPSA) is 12.0 Å². The van der Waals surface area contributed by atoms with E-state index in [9.17, 15) is 8.78 Å². The molecule has 0 saturated carbocycles. The van der Waals surface area contributed by atoms with Gasteiger partial charge in [0.25, 0.3) is 0 Å². The quantitative estimate of drug-likeness (QED) is 0.863. The zero-order valence-electron chi connectivity index (χ0n) is 11.1. The Morgan fingerprint density at radius 1 is 1.22 bits per heavy atom. The van der Waals surface area contributed by atoms with Gasteiger partial charge in [-0.3, -0.25) is 0 Å². The molecular weight excluding hydrogens is 232 g/mol. The van der Waals surface area contributed by atoms with Gasteiger partial charge in [0, 0.05) is 11.6 Å². The van der Waals surface area contributed by atoms with Crippen molar-refractivity contribution in [2.75, 3.05) is 6.54 Å². The Morgan fingerprint density at radius 3 is 2.39 bits per heavy atom. The number of benzene rings is 1. The molecule has 0 spiro atoms. The molecule has 1 unspecified atom stereocenters. The first-order valence-corrected chi connectivity index (χ1v) is 6.69. The summed E-state index contributed by atoms with van der Waals surface area (Å²) in [5.41, 5.74) is 0.775. The normalized spacial score (nSPS) is 23.8. The average molecular weight is 253 g/mol. The fourth-order valence-electron chi connectivity index (χ4n) is 3.15. The molecule has 0 bridgehead atoms. The van der Waals surface area contributed by atoms with Crippen molar-refractivity contribution < 1.29 is 8.78 Å². The van der Waals surface area contributed by atoms with Gasteiger partial charge in [-0.15, -0.1) is 0 Å². The van der Waals surface area contributed by atoms with Gasteiger partial charge >= 0.3 is 0 Å². The van der Waals surface area contributed by atoms with Gasteiger partial charge in [0.1, 0.15) is 11.6 Å². The molecule has 1 aliphatic heterocycles. The second kappa shape index (κ2) is 5.35. The van der Waals surface area contributed by atoms with Gasteiger partial charge in [0.15, 0.2) is 0 Å². The van der Waals surface area contributed by atoms with Gasteiger partial charge in [0.05, 0.1) is 0 Å². The number of halogens is 2. The Balaban J connectivity index is 2.18. The van der Waals surface area contributed by atoms with Crippen molar-refractivity contribution >= 4 is 0 Å². The van der Waals surface area contributed by atoms with E-state index in [-0.39, 0.29) is 5.54 Å². The monoisotopic (exact) mass is 253 g/mol. The molecule has 3 heteroatoms. The van der Waals surface area contributed by atoms with Crippen LogP contribution in [0, 0.1) is 17.6 Å². The van der Waals surface area contributed by atoms with Crippen LogP contribution in [0.15, 0.2) is 18.2 Å². The average Bonchev–Trinajstić information content (AvgIpc) is 2.63. The molecule has 0 aromatic heterocycles. The van der Waals surface area contributed by atoms with Crippen molar-refractivity contribution in [3.63, 3.8) is 0 Å². The second-order valence-corrected chi connectivity index (χ2v) is 5.86. The van der Waals surface area contributed by atoms with Crippen molar-refractivity contribution in [1.82, 2.24) is 5.32 Å². The lowest BCUT2D eigenvalue weighted by Gasteiger charge is -2.31. The van der Waals surface area contributed by atoms with Crippen molar-refractivity contribution in [3.05, 3.63) is 35.4 Å². The maximum Gasteiger partial charge on any atom is 0.126 e. The molecule has 1 atom stereocenters. The van der Waals surface area contributed by atoms with E-state index in [0.29, 0.717) is 12.3 Å². The van der Waals surface area contributed by atoms with Crippen LogP contribution < -0.4 is 5.32 Å². The number of hydrogen-bond acceptors (Lipinski definition) is 1. The van der Waals surface area contributed by atoms with E-state index in [1.54, 1.807) is 0 Å². The zero-order chi connectivity index (χ0) is 13.2. The lowest BCUT2D eigenvalue weighted by Crippen LogP contribution is -2.43. The van der Waals surface area contributed by atoms with Crippen LogP contribution in [0.3, 0.4) is 0 Å². The van der Waals surface area contributed by atoms with Gasteiger partial charge in [-0.2, -0.15) is 0 Å². The van der Waals surface area contributed by atoms with Gasteiger partial charge in [-0.05, 0) is 55.8 Å². The lowest BCUT2D eigenvalue weighted by atomic mass is 9.82. The standard InChI is InChI=1S/C15H21F2N/c1-11(2)9-15(4-3-5-18-15)10-12-6-13(16)8-14(17)7-12/h6-8,11,18H,3-5,9-10H2,1-2H3. The van der Waals surface area contributed by atoms with E-state index >= 15 is 0 Å². The summed E-state index contributed by atoms with van der Waals surface area (Å²) in [7, 11) is 0. The molecule has 1 heterocycles. The maximum atomic E-state index is 13.2. The summed E-state index contributed by atoms with van der Waals surface area (Å²) in [5, 5.41) is 3.54. The highest BCUT2D eigenvalue weighted by Gasteiger charge is 2.34. The van der Waals surface area contributed by atoms with Crippen LogP contribution in [-0.4, -0.2) is 12.1 Å². The zero-order valence-corrected chi connectivity index (χ0v) is 11.1. The highest BCUT2D eigenvalue weighted by Crippen LogP contribution is 2.30. The molecule has 0 radical (unpaired) electrons. The molecule has 1 nitrogen and oxygen atoms in total. The Bertz CT molecular complexity index is 389. The summed E-state index contributed by atoms with van der Waals surface area (Å²) >= 11 is 0. The molecule has 1 N–H and O–H groups in total. The molecule has 100 valence electrons. The molecule has 1 fully saturated rings. The predicted octanol–water partition coefficient (Wildman–Crippen LogP) is 3.68. The second-order valence-electron chi connectivity index (χ2n) is 5.86. The van der Waals surface area contributed by atoms with Crippen molar-refractivity contribution in [2.45, 2.75) is 45.1 Å². The Kier molecular flexibility index (Phi) is 4.00. The van der Waals surface area contributed by atoms with Crippen LogP contribution >= 0.6 is 0 Å². The largest absolute Gasteiger partial charge is 0.311 e. The van der Waals surface area contributed by atoms with E-state index in [2.05, 4.69) is 19.2 Å². The van der Waals surface area contributed by atoms with Crippen molar-refractivity contribution in [3.8, 4) is 0 Å². The molecule has 1 saturated heterocycles. The molecule has 1 aromatic rings. The molecular formula is C15H21F2N. The van der Waals surface area contributed by atoms with Crippen LogP contribution in [0.5, 0.6) is 0 Å². The molecule has 1 aromatic carbocycles. The summed E-state index contributed by atoms with van der Waals surface area (Å²) in [5.74, 6) is -0.389. The minimum atomic E-state index is -0.484. The van der Waals surface area contributed by atoms with E-state index in [1.165, 1.54) is 12.1 Å². The third-order valence-corrected chi connectivity index (χ3v) is 3.60. The van der Waals surface area contributed by atoms with E-state index in [4.69, 9.17) is 0 Å². The number of hydrogen-bond donors (Lipinski definition) is 1. The molecule has 2 rings (SSSR count). The highest BCUT2D eigenvalue weighted by molar-refractivity contribution is 5.21. The molecule has 18 heavy (non-hydrogen) atoms. The Morgan fingerprint density at radius 2 is 1.89 bits per heavy atom. The van der Waals surface area contributed by atoms with Gasteiger partial charge in [0.2, 0.25) is 0 Å². The molecule has 0 aliphatic carbocycles. The van der Waals surface area contributed by atoms with Crippen molar-refractivity contribution in [1.29, 1.82) is 0 Å². The molecule has 1 aliphatic rings. The third kappa shape index (κ3) is 3.29. The minimum Gasteiger partial charge on any atom is -0.311 e. The first-order valence-electron chi connectivity index (χ1n) is 6.69. The maximum absolute atomic E-state index is 13.2. The molecule has 0 amide bonds. The van der Waals surface area contributed by atoms with Gasteiger partial charge in [-0.1, -0.05) is 13.8 Å². The van der Waals surface area contributed by atoms with Crippen LogP contribution in [0.4, 0.5) is 8.78 Å². The van der Waals surface area contributed by atoms with E-state index in [1.807, 2.05) is 0 Å². The highest BCUT2D eigenvalue weighted by atomic mass is 19.1. The number of rotatable bonds is 4. The first kappa shape index (κ1) is 13.5. The number of nitrogens with one attached hydrogen (secondary N) is 1. The fourth-order valence-corrected chi connectivity index (χ4v) is 3.15. The predicted molar refractivity (Wildman–Crippen MR) is 69.5 cm³/mol. The lowest BCUT2D eigenvalue weighted by molar-refractivity contribution is 0.301. The van der Waals surface area contributed by atoms with Crippen LogP contribution in [-0.2, 0) is 6.42 Å². The van der Waals surface area contributed by atoms with Crippen LogP contribution in [0.2, 0.25) is 0 Å². The fraction of sp³-hybridized carbons (Fsp3) is 0.600. The van der Waals surface area contributed by atoms with Crippen LogP contribution in [0.1, 0.15) is 38.7 Å². The Labute approximate surface area is 108 Å². The van der Waals surface area contributed by atoms with Crippen LogP contribution in [0.25, 0.3) is 0 Å². The summed E-state index contributed by atoms with van der Waals surface area (Å²) in [4.78, 5) is 0. The first-order chi connectivity index (χ1) is 8.49. The summed E-state index contributed by atoms with van der Waals surface area (Å²) < 4.78 is 26.5. The van der Waals surface area contributed by atoms with Gasteiger partial charge in [-0.25, -0.2) is 8.78 Å². The third-order valence-electron chi connectivity index (χ3n) is 3.60. The van der Waals surface area contributed by atoms with E-state index in [0.717, 1.165) is 37.4 Å². The van der Waals surface area contributed by atoms with Gasteiger partial charge < -0.3 is 5.32 Å². The summed E-state index contributed by atoms with van der Waals surface area (Å²) in [6, 6.07) is 3.83. The van der Waals surface area contributed by atoms with Crippen molar-refractivity contribution in [2.24, 2.45) is 5.92 Å². The smallest absolute Gasteiger partial charge is 0.126 e.